The van der Waals surface area contributed by atoms with Crippen molar-refractivity contribution in [3.05, 3.63) is 24.3 Å². The number of hydrogen-bond acceptors (Lipinski definition) is 0. The lowest BCUT2D eigenvalue weighted by molar-refractivity contribution is 0.935. The first kappa shape index (κ1) is 7.35. The van der Waals surface area contributed by atoms with Crippen LogP contribution in [0.1, 0.15) is 12.8 Å². The Labute approximate surface area is 70.0 Å². The van der Waals surface area contributed by atoms with Gasteiger partial charge >= 0.3 is 0 Å². The summed E-state index contributed by atoms with van der Waals surface area (Å²) >= 11 is 0. The van der Waals surface area contributed by atoms with Gasteiger partial charge in [-0.2, -0.15) is 0 Å². The fourth-order valence-corrected chi connectivity index (χ4v) is 6.60. The summed E-state index contributed by atoms with van der Waals surface area (Å²) in [6.45, 7) is 2.57. The Morgan fingerprint density at radius 1 is 1.09 bits per heavy atom. The molecule has 0 atom stereocenters. The molecule has 0 aromatic heterocycles. The minimum Gasteiger partial charge on any atom is -0.0803 e. The average Bonchev–Trinajstić information content (AvgIpc) is 2.55. The van der Waals surface area contributed by atoms with Crippen molar-refractivity contribution in [1.82, 2.24) is 0 Å². The largest absolute Gasteiger partial charge is 0.0803 e. The molecule has 0 unspecified atom stereocenters. The van der Waals surface area contributed by atoms with Crippen LogP contribution in [0, 0.1) is 0 Å². The van der Waals surface area contributed by atoms with Crippen LogP contribution < -0.4 is 0 Å². The highest BCUT2D eigenvalue weighted by Crippen LogP contribution is 2.41. The highest BCUT2D eigenvalue weighted by Gasteiger charge is 2.36. The molecule has 1 heteroatoms. The molecule has 1 fully saturated rings. The summed E-state index contributed by atoms with van der Waals surface area (Å²) in [7, 11) is -0.827. The van der Waals surface area contributed by atoms with E-state index in [1.54, 1.807) is 12.1 Å². The molecule has 1 aliphatic carbocycles. The first-order chi connectivity index (χ1) is 5.31. The first-order valence-corrected chi connectivity index (χ1v) is 7.65. The topological polar surface area (TPSA) is 0 Å². The molecule has 2 rings (SSSR count). The molecule has 0 radical (unpaired) electrons. The lowest BCUT2D eigenvalue weighted by Gasteiger charge is -2.25. The first-order valence-electron chi connectivity index (χ1n) is 4.66. The van der Waals surface area contributed by atoms with Gasteiger partial charge in [0.05, 0.1) is 8.07 Å². The van der Waals surface area contributed by atoms with Crippen LogP contribution in [0.25, 0.3) is 0 Å². The van der Waals surface area contributed by atoms with Crippen molar-refractivity contribution in [2.24, 2.45) is 0 Å². The Bertz CT molecular complexity index is 185. The summed E-state index contributed by atoms with van der Waals surface area (Å²) in [5.74, 6) is 0. The Morgan fingerprint density at radius 3 is 2.18 bits per heavy atom. The maximum atomic E-state index is 2.57. The minimum atomic E-state index is -0.827. The number of hydrogen-bond donors (Lipinski definition) is 0. The molecule has 0 aromatic rings. The van der Waals surface area contributed by atoms with Crippen molar-refractivity contribution < 1.29 is 0 Å². The Morgan fingerprint density at radius 2 is 1.64 bits per heavy atom. The molecule has 0 nitrogen and oxygen atoms in total. The van der Waals surface area contributed by atoms with Crippen LogP contribution in [0.5, 0.6) is 0 Å². The molecule has 1 heterocycles. The van der Waals surface area contributed by atoms with Crippen LogP contribution in [0.2, 0.25) is 24.2 Å². The molecule has 0 N–H and O–H groups in total. The van der Waals surface area contributed by atoms with Crippen LogP contribution in [0.4, 0.5) is 0 Å². The Hall–Kier alpha value is -0.303. The van der Waals surface area contributed by atoms with Crippen molar-refractivity contribution in [2.45, 2.75) is 37.0 Å². The van der Waals surface area contributed by atoms with Gasteiger partial charge in [0.25, 0.3) is 0 Å². The van der Waals surface area contributed by atoms with Gasteiger partial charge in [-0.15, -0.1) is 0 Å². The molecule has 1 aliphatic heterocycles. The number of rotatable bonds is 1. The van der Waals surface area contributed by atoms with E-state index in [1.807, 2.05) is 0 Å². The van der Waals surface area contributed by atoms with Crippen LogP contribution in [0.15, 0.2) is 24.3 Å². The monoisotopic (exact) mass is 164 g/mol. The van der Waals surface area contributed by atoms with Gasteiger partial charge in [-0.1, -0.05) is 55.8 Å². The van der Waals surface area contributed by atoms with Gasteiger partial charge in [-0.05, 0) is 5.54 Å². The molecule has 0 saturated carbocycles. The molecule has 60 valence electrons. The van der Waals surface area contributed by atoms with Gasteiger partial charge in [-0.25, -0.2) is 0 Å². The molecular formula is C10H16Si. The predicted molar refractivity (Wildman–Crippen MR) is 52.5 cm³/mol. The van der Waals surface area contributed by atoms with E-state index in [4.69, 9.17) is 0 Å². The fraction of sp³-hybridized carbons (Fsp3) is 0.600. The Balaban J connectivity index is 2.12. The standard InChI is InChI=1S/C10H16Si/c1-11(8-4-5-9-11)10-6-2-3-7-10/h2-3,6-7,10H,4-5,8-9H2,1H3. The summed E-state index contributed by atoms with van der Waals surface area (Å²) in [4.78, 5) is 0. The molecular weight excluding hydrogens is 148 g/mol. The molecule has 0 aromatic carbocycles. The van der Waals surface area contributed by atoms with Crippen LogP contribution in [0.3, 0.4) is 0 Å². The molecule has 0 bridgehead atoms. The average molecular weight is 164 g/mol. The van der Waals surface area contributed by atoms with Crippen LogP contribution in [-0.2, 0) is 0 Å². The van der Waals surface area contributed by atoms with Gasteiger partial charge < -0.3 is 0 Å². The summed E-state index contributed by atoms with van der Waals surface area (Å²) in [6.07, 6.45) is 12.3. The smallest absolute Gasteiger partial charge is 0.0618 e. The zero-order valence-electron chi connectivity index (χ0n) is 7.22. The summed E-state index contributed by atoms with van der Waals surface area (Å²) in [5.41, 5.74) is 0.880. The molecule has 2 aliphatic rings. The molecule has 11 heavy (non-hydrogen) atoms. The van der Waals surface area contributed by atoms with E-state index >= 15 is 0 Å². The number of allylic oxidation sites excluding steroid dienone is 4. The normalized spacial score (nSPS) is 28.5. The van der Waals surface area contributed by atoms with E-state index in [0.29, 0.717) is 0 Å². The summed E-state index contributed by atoms with van der Waals surface area (Å²) < 4.78 is 0. The van der Waals surface area contributed by atoms with E-state index in [0.717, 1.165) is 5.54 Å². The van der Waals surface area contributed by atoms with E-state index in [2.05, 4.69) is 30.9 Å². The predicted octanol–water partition coefficient (Wildman–Crippen LogP) is 3.36. The van der Waals surface area contributed by atoms with Crippen LogP contribution in [-0.4, -0.2) is 8.07 Å². The molecule has 1 saturated heterocycles. The highest BCUT2D eigenvalue weighted by atomic mass is 28.3. The minimum absolute atomic E-state index is 0.827. The second-order valence-corrected chi connectivity index (χ2v) is 9.13. The molecule has 0 amide bonds. The van der Waals surface area contributed by atoms with Crippen molar-refractivity contribution in [3.63, 3.8) is 0 Å². The van der Waals surface area contributed by atoms with E-state index in [-0.39, 0.29) is 0 Å². The third kappa shape index (κ3) is 1.22. The second-order valence-electron chi connectivity index (χ2n) is 4.16. The van der Waals surface area contributed by atoms with Gasteiger partial charge in [-0.3, -0.25) is 0 Å². The summed E-state index contributed by atoms with van der Waals surface area (Å²) in [5, 5.41) is 0. The third-order valence-corrected chi connectivity index (χ3v) is 8.28. The van der Waals surface area contributed by atoms with Gasteiger partial charge in [0.15, 0.2) is 0 Å². The lowest BCUT2D eigenvalue weighted by Crippen LogP contribution is -2.29. The van der Waals surface area contributed by atoms with Crippen molar-refractivity contribution >= 4 is 8.07 Å². The van der Waals surface area contributed by atoms with Gasteiger partial charge in [0, 0.05) is 0 Å². The van der Waals surface area contributed by atoms with Gasteiger partial charge in [0.2, 0.25) is 0 Å². The second kappa shape index (κ2) is 2.63. The Kier molecular flexibility index (Phi) is 1.76. The fourth-order valence-electron chi connectivity index (χ4n) is 2.41. The van der Waals surface area contributed by atoms with Crippen molar-refractivity contribution in [3.8, 4) is 0 Å². The van der Waals surface area contributed by atoms with E-state index < -0.39 is 8.07 Å². The highest BCUT2D eigenvalue weighted by molar-refractivity contribution is 6.81. The van der Waals surface area contributed by atoms with Crippen molar-refractivity contribution in [2.75, 3.05) is 0 Å². The van der Waals surface area contributed by atoms with Crippen LogP contribution >= 0.6 is 0 Å². The lowest BCUT2D eigenvalue weighted by atomic mass is 10.4. The SMILES string of the molecule is C[Si]1(C2C=CC=C2)CCCC1. The quantitative estimate of drug-likeness (QED) is 0.521. The maximum Gasteiger partial charge on any atom is 0.0618 e. The van der Waals surface area contributed by atoms with Crippen molar-refractivity contribution in [1.29, 1.82) is 0 Å². The van der Waals surface area contributed by atoms with Gasteiger partial charge in [0.1, 0.15) is 0 Å². The maximum absolute atomic E-state index is 2.57. The zero-order valence-corrected chi connectivity index (χ0v) is 8.22. The van der Waals surface area contributed by atoms with E-state index in [9.17, 15) is 0 Å². The van der Waals surface area contributed by atoms with E-state index in [1.165, 1.54) is 12.8 Å². The third-order valence-electron chi connectivity index (χ3n) is 3.30. The molecule has 0 spiro atoms. The summed E-state index contributed by atoms with van der Waals surface area (Å²) in [6, 6.07) is 3.12. The zero-order chi connectivity index (χ0) is 7.73.